The van der Waals surface area contributed by atoms with Crippen LogP contribution in [0.1, 0.15) is 17.9 Å². The molecule has 0 radical (unpaired) electrons. The molecule has 0 spiro atoms. The van der Waals surface area contributed by atoms with Crippen LogP contribution in [0.4, 0.5) is 14.9 Å². The fourth-order valence-electron chi connectivity index (χ4n) is 3.10. The van der Waals surface area contributed by atoms with Gasteiger partial charge in [-0.25, -0.2) is 9.18 Å². The number of nitrogens with one attached hydrogen (secondary N) is 3. The van der Waals surface area contributed by atoms with Crippen molar-refractivity contribution in [2.24, 2.45) is 0 Å². The zero-order chi connectivity index (χ0) is 17.6. The minimum atomic E-state index is -0.330. The van der Waals surface area contributed by atoms with E-state index in [-0.39, 0.29) is 23.8 Å². The summed E-state index contributed by atoms with van der Waals surface area (Å²) in [6.07, 6.45) is 0.841. The lowest BCUT2D eigenvalue weighted by Crippen LogP contribution is -2.49. The lowest BCUT2D eigenvalue weighted by atomic mass is 9.87. The molecule has 25 heavy (non-hydrogen) atoms. The van der Waals surface area contributed by atoms with Crippen molar-refractivity contribution in [3.63, 3.8) is 0 Å². The molecule has 0 saturated carbocycles. The third kappa shape index (κ3) is 4.48. The van der Waals surface area contributed by atoms with Gasteiger partial charge in [-0.1, -0.05) is 12.1 Å². The number of benzene rings is 2. The molecule has 132 valence electrons. The lowest BCUT2D eigenvalue weighted by molar-refractivity contribution is 0.242. The normalized spacial score (nSPS) is 19.9. The van der Waals surface area contributed by atoms with Gasteiger partial charge in [-0.2, -0.15) is 0 Å². The summed E-state index contributed by atoms with van der Waals surface area (Å²) in [5.41, 5.74) is 1.72. The Bertz CT molecular complexity index is 704. The Labute approximate surface area is 146 Å². The smallest absolute Gasteiger partial charge is 0.319 e. The van der Waals surface area contributed by atoms with Gasteiger partial charge in [-0.05, 0) is 54.9 Å². The van der Waals surface area contributed by atoms with Crippen LogP contribution in [-0.4, -0.2) is 32.3 Å². The van der Waals surface area contributed by atoms with E-state index in [9.17, 15) is 9.18 Å². The van der Waals surface area contributed by atoms with Crippen LogP contribution >= 0.6 is 0 Å². The second-order valence-electron chi connectivity index (χ2n) is 6.08. The van der Waals surface area contributed by atoms with Gasteiger partial charge in [0.1, 0.15) is 11.6 Å². The first kappa shape index (κ1) is 17.2. The number of hydrogen-bond donors (Lipinski definition) is 3. The zero-order valence-electron chi connectivity index (χ0n) is 14.1. The number of urea groups is 1. The average molecular weight is 343 g/mol. The number of anilines is 1. The maximum atomic E-state index is 12.9. The van der Waals surface area contributed by atoms with Crippen molar-refractivity contribution < 1.29 is 13.9 Å². The highest BCUT2D eigenvalue weighted by atomic mass is 19.1. The Morgan fingerprint density at radius 3 is 2.56 bits per heavy atom. The van der Waals surface area contributed by atoms with Crippen molar-refractivity contribution in [3.8, 4) is 5.75 Å². The summed E-state index contributed by atoms with van der Waals surface area (Å²) in [4.78, 5) is 12.3. The van der Waals surface area contributed by atoms with Crippen LogP contribution in [0.3, 0.4) is 0 Å². The lowest BCUT2D eigenvalue weighted by Gasteiger charge is -2.33. The molecular formula is C19H22FN3O2. The molecule has 0 aliphatic carbocycles. The number of methoxy groups -OCH3 is 1. The van der Waals surface area contributed by atoms with Crippen LogP contribution in [-0.2, 0) is 0 Å². The SMILES string of the molecule is COc1ccc(C2CNCCC2NC(=O)Nc2ccc(F)cc2)cc1. The average Bonchev–Trinajstić information content (AvgIpc) is 2.64. The zero-order valence-corrected chi connectivity index (χ0v) is 14.1. The number of carbonyl (C=O) groups is 1. The highest BCUT2D eigenvalue weighted by Gasteiger charge is 2.27. The van der Waals surface area contributed by atoms with Gasteiger partial charge in [0.2, 0.25) is 0 Å². The molecule has 6 heteroatoms. The summed E-state index contributed by atoms with van der Waals surface area (Å²) in [6.45, 7) is 1.65. The summed E-state index contributed by atoms with van der Waals surface area (Å²) in [5, 5.41) is 9.17. The minimum absolute atomic E-state index is 0.0232. The van der Waals surface area contributed by atoms with E-state index >= 15 is 0 Å². The largest absolute Gasteiger partial charge is 0.497 e. The molecule has 2 aromatic carbocycles. The van der Waals surface area contributed by atoms with Gasteiger partial charge in [-0.15, -0.1) is 0 Å². The molecule has 2 aromatic rings. The van der Waals surface area contributed by atoms with Crippen LogP contribution in [0.2, 0.25) is 0 Å². The number of hydrogen-bond acceptors (Lipinski definition) is 3. The Hall–Kier alpha value is -2.60. The van der Waals surface area contributed by atoms with Gasteiger partial charge in [-0.3, -0.25) is 0 Å². The monoisotopic (exact) mass is 343 g/mol. The molecule has 1 aliphatic heterocycles. The van der Waals surface area contributed by atoms with Crippen molar-refractivity contribution in [2.75, 3.05) is 25.5 Å². The quantitative estimate of drug-likeness (QED) is 0.799. The van der Waals surface area contributed by atoms with E-state index in [2.05, 4.69) is 16.0 Å². The summed E-state index contributed by atoms with van der Waals surface area (Å²) < 4.78 is 18.1. The third-order valence-corrected chi connectivity index (χ3v) is 4.44. The fourth-order valence-corrected chi connectivity index (χ4v) is 3.10. The molecule has 5 nitrogen and oxygen atoms in total. The van der Waals surface area contributed by atoms with Gasteiger partial charge < -0.3 is 20.7 Å². The molecule has 1 saturated heterocycles. The number of piperidine rings is 1. The molecule has 3 rings (SSSR count). The minimum Gasteiger partial charge on any atom is -0.497 e. The van der Waals surface area contributed by atoms with Gasteiger partial charge in [0.05, 0.1) is 7.11 Å². The molecule has 2 amide bonds. The highest BCUT2D eigenvalue weighted by Crippen LogP contribution is 2.26. The predicted octanol–water partition coefficient (Wildman–Crippen LogP) is 3.10. The number of rotatable bonds is 4. The van der Waals surface area contributed by atoms with Crippen molar-refractivity contribution in [3.05, 3.63) is 59.9 Å². The van der Waals surface area contributed by atoms with Crippen molar-refractivity contribution >= 4 is 11.7 Å². The maximum Gasteiger partial charge on any atom is 0.319 e. The van der Waals surface area contributed by atoms with Crippen LogP contribution in [0.5, 0.6) is 5.75 Å². The first-order valence-electron chi connectivity index (χ1n) is 8.33. The first-order valence-corrected chi connectivity index (χ1v) is 8.33. The summed E-state index contributed by atoms with van der Waals surface area (Å²) in [7, 11) is 1.64. The predicted molar refractivity (Wildman–Crippen MR) is 95.6 cm³/mol. The van der Waals surface area contributed by atoms with E-state index in [0.29, 0.717) is 5.69 Å². The van der Waals surface area contributed by atoms with Crippen molar-refractivity contribution in [1.29, 1.82) is 0 Å². The van der Waals surface area contributed by atoms with E-state index < -0.39 is 0 Å². The number of amides is 2. The third-order valence-electron chi connectivity index (χ3n) is 4.44. The summed E-state index contributed by atoms with van der Waals surface area (Å²) >= 11 is 0. The molecule has 0 bridgehead atoms. The Kier molecular flexibility index (Phi) is 5.50. The molecule has 1 fully saturated rings. The molecule has 1 aliphatic rings. The number of halogens is 1. The van der Waals surface area contributed by atoms with Gasteiger partial charge in [0.25, 0.3) is 0 Å². The molecular weight excluding hydrogens is 321 g/mol. The Morgan fingerprint density at radius 2 is 1.88 bits per heavy atom. The van der Waals surface area contributed by atoms with Crippen molar-refractivity contribution in [2.45, 2.75) is 18.4 Å². The maximum absolute atomic E-state index is 12.9. The standard InChI is InChI=1S/C19H22FN3O2/c1-25-16-8-2-13(3-9-16)17-12-21-11-10-18(17)23-19(24)22-15-6-4-14(20)5-7-15/h2-9,17-18,21H,10-12H2,1H3,(H2,22,23,24). The topological polar surface area (TPSA) is 62.4 Å². The second-order valence-corrected chi connectivity index (χ2v) is 6.08. The van der Waals surface area contributed by atoms with E-state index in [4.69, 9.17) is 4.74 Å². The highest BCUT2D eigenvalue weighted by molar-refractivity contribution is 5.89. The van der Waals surface area contributed by atoms with Crippen LogP contribution in [0.25, 0.3) is 0 Å². The van der Waals surface area contributed by atoms with E-state index in [0.717, 1.165) is 30.8 Å². The van der Waals surface area contributed by atoms with Gasteiger partial charge >= 0.3 is 6.03 Å². The van der Waals surface area contributed by atoms with Crippen LogP contribution < -0.4 is 20.7 Å². The van der Waals surface area contributed by atoms with Gasteiger partial charge in [0, 0.05) is 24.2 Å². The summed E-state index contributed by atoms with van der Waals surface area (Å²) in [6, 6.07) is 13.4. The van der Waals surface area contributed by atoms with E-state index in [1.165, 1.54) is 24.3 Å². The fraction of sp³-hybridized carbons (Fsp3) is 0.316. The Morgan fingerprint density at radius 1 is 1.16 bits per heavy atom. The van der Waals surface area contributed by atoms with Crippen LogP contribution in [0, 0.1) is 5.82 Å². The molecule has 3 N–H and O–H groups in total. The van der Waals surface area contributed by atoms with E-state index in [1.54, 1.807) is 7.11 Å². The second kappa shape index (κ2) is 7.98. The van der Waals surface area contributed by atoms with Gasteiger partial charge in [0.15, 0.2) is 0 Å². The number of carbonyl (C=O) groups excluding carboxylic acids is 1. The summed E-state index contributed by atoms with van der Waals surface area (Å²) in [5.74, 6) is 0.661. The van der Waals surface area contributed by atoms with E-state index in [1.807, 2.05) is 24.3 Å². The number of ether oxygens (including phenoxy) is 1. The Balaban J connectivity index is 1.65. The molecule has 2 atom stereocenters. The first-order chi connectivity index (χ1) is 12.2. The van der Waals surface area contributed by atoms with Crippen molar-refractivity contribution in [1.82, 2.24) is 10.6 Å². The molecule has 1 heterocycles. The molecule has 0 aromatic heterocycles. The van der Waals surface area contributed by atoms with Crippen LogP contribution in [0.15, 0.2) is 48.5 Å². The molecule has 2 unspecified atom stereocenters.